The first-order chi connectivity index (χ1) is 18.9. The van der Waals surface area contributed by atoms with Gasteiger partial charge in [-0.1, -0.05) is 38.5 Å². The zero-order valence-electron chi connectivity index (χ0n) is 23.5. The molecule has 2 aliphatic rings. The number of unbranched alkanes of at least 4 members (excludes halogenated alkanes) is 1. The highest BCUT2D eigenvalue weighted by Gasteiger charge is 2.35. The number of aryl methyl sites for hydroxylation is 1. The molecule has 8 nitrogen and oxygen atoms in total. The molecule has 214 valence electrons. The van der Waals surface area contributed by atoms with E-state index in [0.717, 1.165) is 82.3 Å². The Morgan fingerprint density at radius 3 is 2.64 bits per heavy atom. The lowest BCUT2D eigenvalue weighted by atomic mass is 9.93. The molecule has 0 spiro atoms. The van der Waals surface area contributed by atoms with Crippen molar-refractivity contribution in [2.75, 3.05) is 39.0 Å². The van der Waals surface area contributed by atoms with Crippen molar-refractivity contribution in [3.8, 4) is 5.75 Å². The van der Waals surface area contributed by atoms with Crippen LogP contribution in [0, 0.1) is 0 Å². The minimum Gasteiger partial charge on any atom is -0.493 e. The van der Waals surface area contributed by atoms with Gasteiger partial charge in [0.15, 0.2) is 0 Å². The molecule has 0 bridgehead atoms. The van der Waals surface area contributed by atoms with E-state index in [1.54, 1.807) is 16.7 Å². The van der Waals surface area contributed by atoms with Crippen LogP contribution in [0.5, 0.6) is 5.75 Å². The normalized spacial score (nSPS) is 18.1. The van der Waals surface area contributed by atoms with E-state index in [4.69, 9.17) is 9.84 Å². The fourth-order valence-corrected chi connectivity index (χ4v) is 5.37. The zero-order valence-corrected chi connectivity index (χ0v) is 24.3. The Morgan fingerprint density at radius 1 is 1.15 bits per heavy atom. The molecule has 3 heterocycles. The number of aromatic nitrogens is 1. The van der Waals surface area contributed by atoms with Crippen molar-refractivity contribution < 1.29 is 19.4 Å². The highest BCUT2D eigenvalue weighted by molar-refractivity contribution is 8.12. The van der Waals surface area contributed by atoms with E-state index in [9.17, 15) is 14.4 Å². The molecular formula is C30H43N3O5S. The average Bonchev–Trinajstić information content (AvgIpc) is 3.57. The fourth-order valence-electron chi connectivity index (χ4n) is 5.37. The predicted molar refractivity (Wildman–Crippen MR) is 157 cm³/mol. The summed E-state index contributed by atoms with van der Waals surface area (Å²) in [7, 11) is 0. The molecule has 1 saturated heterocycles. The summed E-state index contributed by atoms with van der Waals surface area (Å²) >= 11 is 0.796. The summed E-state index contributed by atoms with van der Waals surface area (Å²) in [5, 5.41) is 6.86. The van der Waals surface area contributed by atoms with Crippen molar-refractivity contribution in [2.24, 2.45) is 0 Å². The van der Waals surface area contributed by atoms with Gasteiger partial charge in [-0.15, -0.1) is 0 Å². The Morgan fingerprint density at radius 2 is 1.95 bits per heavy atom. The summed E-state index contributed by atoms with van der Waals surface area (Å²) < 4.78 is 7.48. The standard InChI is InChI=1S/C28H39N3O3.C2H4O2S/c1-3-5-14-29(13-4-2)28(33)21-31-20-24(22-9-10-26-23(18-22)12-17-34-26)19-25(31)11-16-30-15-7-6-8-27(30)32;1-5-2(3)4/h6-10,15,18,24-25H,3-5,11-14,16-17,19-21H2,1-2H3;1H3,(H,3,4). The van der Waals surface area contributed by atoms with Gasteiger partial charge >= 0.3 is 5.30 Å². The quantitative estimate of drug-likeness (QED) is 0.411. The smallest absolute Gasteiger partial charge is 0.364 e. The van der Waals surface area contributed by atoms with Gasteiger partial charge in [-0.3, -0.25) is 14.5 Å². The highest BCUT2D eigenvalue weighted by atomic mass is 32.2. The molecular weight excluding hydrogens is 514 g/mol. The number of carbonyl (C=O) groups excluding carboxylic acids is 1. The molecule has 1 aromatic heterocycles. The highest BCUT2D eigenvalue weighted by Crippen LogP contribution is 2.36. The van der Waals surface area contributed by atoms with Crippen LogP contribution < -0.4 is 10.3 Å². The molecule has 1 N–H and O–H groups in total. The van der Waals surface area contributed by atoms with E-state index in [0.29, 0.717) is 19.0 Å². The lowest BCUT2D eigenvalue weighted by Crippen LogP contribution is -2.43. The molecule has 2 aliphatic heterocycles. The Labute approximate surface area is 236 Å². The molecule has 1 amide bonds. The van der Waals surface area contributed by atoms with Gasteiger partial charge in [0.05, 0.1) is 13.2 Å². The van der Waals surface area contributed by atoms with E-state index in [-0.39, 0.29) is 17.5 Å². The zero-order chi connectivity index (χ0) is 28.2. The van der Waals surface area contributed by atoms with Crippen LogP contribution in [0.1, 0.15) is 63.0 Å². The lowest BCUT2D eigenvalue weighted by molar-refractivity contribution is -0.132. The Balaban J connectivity index is 0.000000771. The first-order valence-electron chi connectivity index (χ1n) is 14.1. The van der Waals surface area contributed by atoms with Crippen LogP contribution in [-0.2, 0) is 17.8 Å². The van der Waals surface area contributed by atoms with Gasteiger partial charge in [-0.2, -0.15) is 0 Å². The van der Waals surface area contributed by atoms with Crippen LogP contribution in [0.3, 0.4) is 0 Å². The van der Waals surface area contributed by atoms with E-state index in [1.807, 2.05) is 17.2 Å². The van der Waals surface area contributed by atoms with E-state index in [2.05, 4.69) is 36.9 Å². The maximum atomic E-state index is 13.3. The molecule has 0 radical (unpaired) electrons. The summed E-state index contributed by atoms with van der Waals surface area (Å²) in [6, 6.07) is 12.2. The van der Waals surface area contributed by atoms with E-state index < -0.39 is 5.30 Å². The summed E-state index contributed by atoms with van der Waals surface area (Å²) in [6.45, 7) is 8.76. The van der Waals surface area contributed by atoms with Gasteiger partial charge in [0, 0.05) is 50.9 Å². The minimum absolute atomic E-state index is 0.0342. The fraction of sp³-hybridized carbons (Fsp3) is 0.567. The summed E-state index contributed by atoms with van der Waals surface area (Å²) in [5.74, 6) is 1.64. The first kappa shape index (κ1) is 30.8. The van der Waals surface area contributed by atoms with Gasteiger partial charge in [0.25, 0.3) is 0 Å². The first-order valence-corrected chi connectivity index (χ1v) is 15.3. The predicted octanol–water partition coefficient (Wildman–Crippen LogP) is 5.10. The molecule has 2 atom stereocenters. The number of fused-ring (bicyclic) bond motifs is 1. The number of hydrogen-bond acceptors (Lipinski definition) is 6. The van der Waals surface area contributed by atoms with Crippen molar-refractivity contribution in [2.45, 2.75) is 70.9 Å². The van der Waals surface area contributed by atoms with E-state index in [1.165, 1.54) is 17.4 Å². The maximum absolute atomic E-state index is 13.3. The van der Waals surface area contributed by atoms with Crippen molar-refractivity contribution in [3.63, 3.8) is 0 Å². The van der Waals surface area contributed by atoms with E-state index >= 15 is 0 Å². The lowest BCUT2D eigenvalue weighted by Gasteiger charge is -2.28. The van der Waals surface area contributed by atoms with Crippen LogP contribution in [0.2, 0.25) is 0 Å². The number of pyridine rings is 1. The van der Waals surface area contributed by atoms with Crippen LogP contribution in [0.4, 0.5) is 4.79 Å². The number of ether oxygens (including phenoxy) is 1. The van der Waals surface area contributed by atoms with Crippen LogP contribution >= 0.6 is 11.8 Å². The molecule has 2 unspecified atom stereocenters. The molecule has 1 fully saturated rings. The number of likely N-dealkylation sites (tertiary alicyclic amines) is 1. The second kappa shape index (κ2) is 15.7. The van der Waals surface area contributed by atoms with Crippen molar-refractivity contribution in [3.05, 3.63) is 64.1 Å². The molecule has 39 heavy (non-hydrogen) atoms. The van der Waals surface area contributed by atoms with Gasteiger partial charge in [-0.25, -0.2) is 4.79 Å². The summed E-state index contributed by atoms with van der Waals surface area (Å²) in [4.78, 5) is 39.2. The molecule has 0 saturated carbocycles. The largest absolute Gasteiger partial charge is 0.493 e. The Hall–Kier alpha value is -2.78. The summed E-state index contributed by atoms with van der Waals surface area (Å²) in [5.41, 5.74) is 2.68. The van der Waals surface area contributed by atoms with Gasteiger partial charge in [0.2, 0.25) is 11.5 Å². The number of rotatable bonds is 11. The number of amides is 1. The Kier molecular flexibility index (Phi) is 12.4. The molecule has 2 aromatic rings. The van der Waals surface area contributed by atoms with Crippen LogP contribution in [-0.4, -0.2) is 75.8 Å². The minimum atomic E-state index is -0.829. The summed E-state index contributed by atoms with van der Waals surface area (Å²) in [6.07, 6.45) is 9.35. The Bertz CT molecular complexity index is 1140. The number of carbonyl (C=O) groups is 2. The second-order valence-electron chi connectivity index (χ2n) is 10.2. The van der Waals surface area contributed by atoms with Gasteiger partial charge in [0.1, 0.15) is 5.75 Å². The van der Waals surface area contributed by atoms with Crippen LogP contribution in [0.15, 0.2) is 47.4 Å². The molecule has 4 rings (SSSR count). The number of carboxylic acid groups (broad SMARTS) is 1. The van der Waals surface area contributed by atoms with Crippen molar-refractivity contribution in [1.29, 1.82) is 0 Å². The molecule has 9 heteroatoms. The van der Waals surface area contributed by atoms with Crippen LogP contribution in [0.25, 0.3) is 0 Å². The SMILES string of the molecule is CCCCN(CCC)C(=O)CN1CC(c2ccc3c(c2)CCO3)CC1CCn1ccccc1=O.CSC(=O)O. The maximum Gasteiger partial charge on any atom is 0.364 e. The topological polar surface area (TPSA) is 92.1 Å². The average molecular weight is 558 g/mol. The number of nitrogens with zero attached hydrogens (tertiary/aromatic N) is 3. The third kappa shape index (κ3) is 9.14. The number of thioether (sulfide) groups is 1. The molecule has 0 aliphatic carbocycles. The second-order valence-corrected chi connectivity index (χ2v) is 11.0. The third-order valence-corrected chi connectivity index (χ3v) is 7.81. The third-order valence-electron chi connectivity index (χ3n) is 7.46. The monoisotopic (exact) mass is 557 g/mol. The molecule has 1 aromatic carbocycles. The van der Waals surface area contributed by atoms with Crippen molar-refractivity contribution in [1.82, 2.24) is 14.4 Å². The number of hydrogen-bond donors (Lipinski definition) is 1. The van der Waals surface area contributed by atoms with Crippen molar-refractivity contribution >= 4 is 23.0 Å². The van der Waals surface area contributed by atoms with Gasteiger partial charge < -0.3 is 19.3 Å². The van der Waals surface area contributed by atoms with Gasteiger partial charge in [-0.05, 0) is 72.9 Å². The number of benzene rings is 1.